The van der Waals surface area contributed by atoms with E-state index in [1.807, 2.05) is 0 Å². The molecule has 0 unspecified atom stereocenters. The van der Waals surface area contributed by atoms with Crippen molar-refractivity contribution >= 4 is 11.9 Å². The van der Waals surface area contributed by atoms with Crippen LogP contribution < -0.4 is 0 Å². The van der Waals surface area contributed by atoms with Crippen LogP contribution in [0.5, 0.6) is 0 Å². The molecule has 0 bridgehead atoms. The number of hydrogen-bond donors (Lipinski definition) is 0. The van der Waals surface area contributed by atoms with Gasteiger partial charge in [0.05, 0.1) is 12.5 Å². The lowest BCUT2D eigenvalue weighted by atomic mass is 10.1. The summed E-state index contributed by atoms with van der Waals surface area (Å²) in [5.41, 5.74) is 2.49. The van der Waals surface area contributed by atoms with Gasteiger partial charge in [-0.2, -0.15) is 0 Å². The van der Waals surface area contributed by atoms with Crippen molar-refractivity contribution in [3.63, 3.8) is 0 Å². The van der Waals surface area contributed by atoms with Crippen LogP contribution >= 0.6 is 0 Å². The molecule has 0 aromatic rings. The maximum absolute atomic E-state index is 11.6. The Morgan fingerprint density at radius 3 is 1.37 bits per heavy atom. The van der Waals surface area contributed by atoms with E-state index in [4.69, 9.17) is 18.9 Å². The topological polar surface area (TPSA) is 71.1 Å². The van der Waals surface area contributed by atoms with Gasteiger partial charge in [0.2, 0.25) is 0 Å². The average molecular weight is 425 g/mol. The summed E-state index contributed by atoms with van der Waals surface area (Å²) in [5, 5.41) is 0. The molecule has 172 valence electrons. The fraction of sp³-hybridized carbons (Fsp3) is 0.667. The molecule has 6 nitrogen and oxygen atoms in total. The van der Waals surface area contributed by atoms with E-state index < -0.39 is 11.9 Å². The van der Waals surface area contributed by atoms with Crippen LogP contribution in [0.3, 0.4) is 0 Å². The second-order valence-electron chi connectivity index (χ2n) is 6.88. The highest BCUT2D eigenvalue weighted by Crippen LogP contribution is 2.11. The zero-order valence-electron chi connectivity index (χ0n) is 19.2. The van der Waals surface area contributed by atoms with Crippen LogP contribution in [0, 0.1) is 0 Å². The van der Waals surface area contributed by atoms with Gasteiger partial charge in [-0.25, -0.2) is 9.59 Å². The zero-order valence-corrected chi connectivity index (χ0v) is 19.2. The molecule has 0 aliphatic rings. The molecule has 30 heavy (non-hydrogen) atoms. The van der Waals surface area contributed by atoms with E-state index in [0.29, 0.717) is 0 Å². The molecule has 0 spiro atoms. The molecule has 0 saturated carbocycles. The third kappa shape index (κ3) is 16.7. The Labute approximate surface area is 182 Å². The Kier molecular flexibility index (Phi) is 18.6. The minimum absolute atomic E-state index is 0.122. The second-order valence-corrected chi connectivity index (χ2v) is 6.88. The molecule has 0 heterocycles. The normalized spacial score (nSPS) is 12.1. The molecular formula is C24H40O6. The number of esters is 2. The molecule has 0 radical (unpaired) electrons. The summed E-state index contributed by atoms with van der Waals surface area (Å²) in [5.74, 6) is -1.21. The van der Waals surface area contributed by atoms with Gasteiger partial charge < -0.3 is 18.9 Å². The molecule has 0 amide bonds. The first-order valence-corrected chi connectivity index (χ1v) is 11.2. The van der Waals surface area contributed by atoms with Crippen molar-refractivity contribution in [1.29, 1.82) is 0 Å². The fourth-order valence-corrected chi connectivity index (χ4v) is 2.41. The van der Waals surface area contributed by atoms with Crippen molar-refractivity contribution in [1.82, 2.24) is 0 Å². The minimum Gasteiger partial charge on any atom is -0.498 e. The van der Waals surface area contributed by atoms with Gasteiger partial charge in [-0.3, -0.25) is 0 Å². The number of carbonyl (C=O) groups excluding carboxylic acids is 2. The van der Waals surface area contributed by atoms with Gasteiger partial charge in [0, 0.05) is 12.2 Å². The van der Waals surface area contributed by atoms with E-state index in [1.165, 1.54) is 11.1 Å². The Bertz CT molecular complexity index is 500. The minimum atomic E-state index is -0.607. The number of ether oxygens (including phenoxy) is 4. The third-order valence-electron chi connectivity index (χ3n) is 4.36. The first-order chi connectivity index (χ1) is 14.6. The smallest absolute Gasteiger partial charge is 0.331 e. The van der Waals surface area contributed by atoms with Crippen molar-refractivity contribution in [2.24, 2.45) is 0 Å². The van der Waals surface area contributed by atoms with Crippen molar-refractivity contribution in [2.45, 2.75) is 79.1 Å². The predicted octanol–water partition coefficient (Wildman–Crippen LogP) is 5.63. The monoisotopic (exact) mass is 424 g/mol. The molecule has 6 heteroatoms. The molecule has 0 N–H and O–H groups in total. The van der Waals surface area contributed by atoms with Gasteiger partial charge in [0.15, 0.2) is 0 Å². The van der Waals surface area contributed by atoms with Crippen molar-refractivity contribution in [2.75, 3.05) is 26.4 Å². The van der Waals surface area contributed by atoms with Gasteiger partial charge in [-0.05, 0) is 49.7 Å². The summed E-state index contributed by atoms with van der Waals surface area (Å²) in [7, 11) is 0. The van der Waals surface area contributed by atoms with Crippen molar-refractivity contribution < 1.29 is 28.5 Å². The molecule has 0 aliphatic carbocycles. The largest absolute Gasteiger partial charge is 0.498 e. The van der Waals surface area contributed by atoms with E-state index in [2.05, 4.69) is 27.7 Å². The number of hydrogen-bond acceptors (Lipinski definition) is 6. The van der Waals surface area contributed by atoms with E-state index in [-0.39, 0.29) is 26.4 Å². The molecule has 0 saturated heterocycles. The molecular weight excluding hydrogens is 384 g/mol. The van der Waals surface area contributed by atoms with Crippen LogP contribution in [0.2, 0.25) is 0 Å². The van der Waals surface area contributed by atoms with E-state index in [1.54, 1.807) is 12.5 Å². The highest BCUT2D eigenvalue weighted by molar-refractivity contribution is 5.91. The van der Waals surface area contributed by atoms with Crippen molar-refractivity contribution in [3.8, 4) is 0 Å². The van der Waals surface area contributed by atoms with Gasteiger partial charge in [0.25, 0.3) is 0 Å². The fourth-order valence-electron chi connectivity index (χ4n) is 2.41. The Hall–Kier alpha value is -2.24. The first-order valence-electron chi connectivity index (χ1n) is 11.2. The summed E-state index contributed by atoms with van der Waals surface area (Å²) in [6.45, 7) is 9.29. The summed E-state index contributed by atoms with van der Waals surface area (Å²) in [4.78, 5) is 23.2. The third-order valence-corrected chi connectivity index (χ3v) is 4.36. The molecule has 0 aromatic carbocycles. The summed E-state index contributed by atoms with van der Waals surface area (Å²) in [6.07, 6.45) is 14.1. The number of carbonyl (C=O) groups is 2. The highest BCUT2D eigenvalue weighted by atomic mass is 16.6. The van der Waals surface area contributed by atoms with Crippen LogP contribution in [-0.2, 0) is 28.5 Å². The lowest BCUT2D eigenvalue weighted by Crippen LogP contribution is -2.10. The second kappa shape index (κ2) is 20.0. The number of rotatable bonds is 18. The standard InChI is InChI=1S/C24H40O6/c1-5-9-11-21(7-3)19-27-15-17-29-23(25)13-14-24(26)30-18-16-28-20-22(8-4)12-10-6-2/h13-14,19-20H,5-12,15-18H2,1-4H3/b14-13-,21-19?,22-20?. The zero-order chi connectivity index (χ0) is 22.5. The lowest BCUT2D eigenvalue weighted by Gasteiger charge is -2.06. The Morgan fingerprint density at radius 2 is 1.03 bits per heavy atom. The number of allylic oxidation sites excluding steroid dienone is 2. The molecule has 0 fully saturated rings. The molecule has 0 rings (SSSR count). The van der Waals surface area contributed by atoms with Crippen LogP contribution in [-0.4, -0.2) is 38.4 Å². The summed E-state index contributed by atoms with van der Waals surface area (Å²) in [6, 6.07) is 0. The first kappa shape index (κ1) is 27.8. The Balaban J connectivity index is 3.91. The summed E-state index contributed by atoms with van der Waals surface area (Å²) < 4.78 is 20.8. The van der Waals surface area contributed by atoms with E-state index >= 15 is 0 Å². The SMILES string of the molecule is CCCCC(=COCCOC(=O)/C=C\C(=O)OCCOC=C(CC)CCCC)CC. The van der Waals surface area contributed by atoms with Gasteiger partial charge >= 0.3 is 11.9 Å². The average Bonchev–Trinajstić information content (AvgIpc) is 2.76. The quantitative estimate of drug-likeness (QED) is 0.123. The van der Waals surface area contributed by atoms with Crippen LogP contribution in [0.4, 0.5) is 0 Å². The van der Waals surface area contributed by atoms with Crippen LogP contribution in [0.15, 0.2) is 35.8 Å². The maximum atomic E-state index is 11.6. The molecule has 0 aromatic heterocycles. The van der Waals surface area contributed by atoms with Crippen LogP contribution in [0.1, 0.15) is 79.1 Å². The summed E-state index contributed by atoms with van der Waals surface area (Å²) >= 11 is 0. The van der Waals surface area contributed by atoms with Crippen LogP contribution in [0.25, 0.3) is 0 Å². The molecule has 0 aliphatic heterocycles. The highest BCUT2D eigenvalue weighted by Gasteiger charge is 2.02. The van der Waals surface area contributed by atoms with E-state index in [9.17, 15) is 9.59 Å². The molecule has 0 atom stereocenters. The number of unbranched alkanes of at least 4 members (excludes halogenated alkanes) is 2. The Morgan fingerprint density at radius 1 is 0.633 bits per heavy atom. The van der Waals surface area contributed by atoms with E-state index in [0.717, 1.165) is 63.5 Å². The van der Waals surface area contributed by atoms with Gasteiger partial charge in [0.1, 0.15) is 26.4 Å². The van der Waals surface area contributed by atoms with Gasteiger partial charge in [-0.1, -0.05) is 40.5 Å². The van der Waals surface area contributed by atoms with Gasteiger partial charge in [-0.15, -0.1) is 0 Å². The maximum Gasteiger partial charge on any atom is 0.331 e. The lowest BCUT2D eigenvalue weighted by molar-refractivity contribution is -0.141. The van der Waals surface area contributed by atoms with Crippen molar-refractivity contribution in [3.05, 3.63) is 35.8 Å². The predicted molar refractivity (Wildman–Crippen MR) is 119 cm³/mol.